The number of nitrogens with one attached hydrogen (secondary N) is 1. The molecule has 18 heavy (non-hydrogen) atoms. The molecule has 0 saturated heterocycles. The molecule has 0 aliphatic rings. The predicted octanol–water partition coefficient (Wildman–Crippen LogP) is 1.42. The smallest absolute Gasteiger partial charge is 0.169 e. The van der Waals surface area contributed by atoms with Gasteiger partial charge in [0.05, 0.1) is 6.61 Å². The molecule has 0 fully saturated rings. The molecule has 108 valence electrons. The van der Waals surface area contributed by atoms with E-state index < -0.39 is 0 Å². The summed E-state index contributed by atoms with van der Waals surface area (Å²) in [4.78, 5) is 4.42. The van der Waals surface area contributed by atoms with Crippen molar-refractivity contribution in [1.29, 1.82) is 0 Å². The van der Waals surface area contributed by atoms with E-state index in [1.54, 1.807) is 7.11 Å². The predicted molar refractivity (Wildman–Crippen MR) is 82.0 cm³/mol. The van der Waals surface area contributed by atoms with E-state index >= 15 is 0 Å². The van der Waals surface area contributed by atoms with E-state index in [-0.39, 0.29) is 6.04 Å². The molecule has 0 amide bonds. The minimum Gasteiger partial charge on any atom is -0.383 e. The van der Waals surface area contributed by atoms with Gasteiger partial charge in [0.2, 0.25) is 0 Å². The van der Waals surface area contributed by atoms with Crippen molar-refractivity contribution in [3.8, 4) is 0 Å². The van der Waals surface area contributed by atoms with Crippen LogP contribution in [0.5, 0.6) is 0 Å². The summed E-state index contributed by atoms with van der Waals surface area (Å²) in [7, 11) is 5.87. The van der Waals surface area contributed by atoms with Crippen LogP contribution in [-0.2, 0) is 4.74 Å². The van der Waals surface area contributed by atoms with Crippen LogP contribution < -0.4 is 5.32 Å². The fourth-order valence-electron chi connectivity index (χ4n) is 1.63. The highest BCUT2D eigenvalue weighted by atomic mass is 32.1. The van der Waals surface area contributed by atoms with Crippen molar-refractivity contribution in [3.05, 3.63) is 0 Å². The Kier molecular flexibility index (Phi) is 9.32. The van der Waals surface area contributed by atoms with E-state index in [0.717, 1.165) is 24.7 Å². The second-order valence-corrected chi connectivity index (χ2v) is 5.84. The first kappa shape index (κ1) is 17.6. The quantitative estimate of drug-likeness (QED) is 0.676. The normalized spacial score (nSPS) is 12.9. The highest BCUT2D eigenvalue weighted by Crippen LogP contribution is 2.01. The molecule has 0 radical (unpaired) electrons. The second kappa shape index (κ2) is 9.53. The number of hydrogen-bond donors (Lipinski definition) is 1. The molecule has 0 aliphatic heterocycles. The number of nitrogens with zero attached hydrogens (tertiary/aromatic N) is 2. The summed E-state index contributed by atoms with van der Waals surface area (Å²) in [5.41, 5.74) is 0. The third-order valence-electron chi connectivity index (χ3n) is 2.48. The van der Waals surface area contributed by atoms with Crippen LogP contribution in [0.1, 0.15) is 20.8 Å². The zero-order valence-corrected chi connectivity index (χ0v) is 13.5. The minimum absolute atomic E-state index is 0.247. The van der Waals surface area contributed by atoms with E-state index in [9.17, 15) is 0 Å². The van der Waals surface area contributed by atoms with Gasteiger partial charge in [-0.05, 0) is 39.2 Å². The summed E-state index contributed by atoms with van der Waals surface area (Å²) in [6.07, 6.45) is 0. The number of thiocarbonyl (C=S) groups is 1. The molecule has 0 aromatic heterocycles. The molecule has 1 atom stereocenters. The van der Waals surface area contributed by atoms with Gasteiger partial charge in [-0.2, -0.15) is 0 Å². The maximum absolute atomic E-state index is 5.48. The first-order chi connectivity index (χ1) is 8.36. The molecule has 0 aromatic carbocycles. The van der Waals surface area contributed by atoms with Gasteiger partial charge in [-0.1, -0.05) is 13.8 Å². The molecule has 5 heteroatoms. The second-order valence-electron chi connectivity index (χ2n) is 5.45. The molecule has 1 N–H and O–H groups in total. The highest BCUT2D eigenvalue weighted by Gasteiger charge is 2.13. The summed E-state index contributed by atoms with van der Waals surface area (Å²) in [5, 5.41) is 4.15. The molecular formula is C13H29N3OS. The fourth-order valence-corrected chi connectivity index (χ4v) is 2.00. The van der Waals surface area contributed by atoms with E-state index in [1.807, 2.05) is 0 Å². The molecule has 0 aliphatic carbocycles. The van der Waals surface area contributed by atoms with Crippen LogP contribution in [0, 0.1) is 5.92 Å². The van der Waals surface area contributed by atoms with Gasteiger partial charge in [-0.15, -0.1) is 0 Å². The monoisotopic (exact) mass is 275 g/mol. The Morgan fingerprint density at radius 2 is 1.83 bits per heavy atom. The number of likely N-dealkylation sites (N-methyl/N-ethyl adjacent to an activating group) is 1. The lowest BCUT2D eigenvalue weighted by molar-refractivity contribution is 0.177. The van der Waals surface area contributed by atoms with Crippen molar-refractivity contribution >= 4 is 17.3 Å². The Morgan fingerprint density at radius 3 is 2.28 bits per heavy atom. The Balaban J connectivity index is 4.30. The molecule has 0 saturated carbocycles. The van der Waals surface area contributed by atoms with Crippen molar-refractivity contribution < 1.29 is 4.74 Å². The molecule has 0 heterocycles. The SMILES string of the molecule is COCC(C)NC(=S)N(CCN(C)C)CC(C)C. The zero-order chi connectivity index (χ0) is 14.1. The summed E-state index contributed by atoms with van der Waals surface area (Å²) in [5.74, 6) is 0.602. The van der Waals surface area contributed by atoms with Crippen LogP contribution >= 0.6 is 12.2 Å². The van der Waals surface area contributed by atoms with Gasteiger partial charge in [-0.3, -0.25) is 0 Å². The molecule has 0 rings (SSSR count). The van der Waals surface area contributed by atoms with Crippen molar-refractivity contribution in [3.63, 3.8) is 0 Å². The van der Waals surface area contributed by atoms with E-state index in [4.69, 9.17) is 17.0 Å². The average Bonchev–Trinajstić information content (AvgIpc) is 2.23. The van der Waals surface area contributed by atoms with Crippen molar-refractivity contribution in [2.45, 2.75) is 26.8 Å². The summed E-state index contributed by atoms with van der Waals surface area (Å²) < 4.78 is 5.11. The van der Waals surface area contributed by atoms with Gasteiger partial charge >= 0.3 is 0 Å². The van der Waals surface area contributed by atoms with Gasteiger partial charge in [0.1, 0.15) is 0 Å². The van der Waals surface area contributed by atoms with Gasteiger partial charge in [-0.25, -0.2) is 0 Å². The van der Waals surface area contributed by atoms with Crippen LogP contribution in [-0.4, -0.2) is 68.4 Å². The zero-order valence-electron chi connectivity index (χ0n) is 12.7. The third kappa shape index (κ3) is 8.66. The maximum atomic E-state index is 5.48. The lowest BCUT2D eigenvalue weighted by atomic mass is 10.2. The van der Waals surface area contributed by atoms with E-state index in [2.05, 4.69) is 50.0 Å². The van der Waals surface area contributed by atoms with Crippen LogP contribution in [0.25, 0.3) is 0 Å². The Hall–Kier alpha value is -0.390. The fraction of sp³-hybridized carbons (Fsp3) is 0.923. The minimum atomic E-state index is 0.247. The van der Waals surface area contributed by atoms with Crippen molar-refractivity contribution in [2.75, 3.05) is 47.4 Å². The van der Waals surface area contributed by atoms with Gasteiger partial charge < -0.3 is 19.9 Å². The number of methoxy groups -OCH3 is 1. The summed E-state index contributed by atoms with van der Waals surface area (Å²) >= 11 is 5.48. The lowest BCUT2D eigenvalue weighted by Crippen LogP contribution is -2.48. The summed E-state index contributed by atoms with van der Waals surface area (Å²) in [6, 6.07) is 0.247. The third-order valence-corrected chi connectivity index (χ3v) is 2.85. The molecule has 0 spiro atoms. The first-order valence-corrected chi connectivity index (χ1v) is 6.96. The van der Waals surface area contributed by atoms with Crippen LogP contribution in [0.15, 0.2) is 0 Å². The van der Waals surface area contributed by atoms with Gasteiger partial charge in [0.25, 0.3) is 0 Å². The molecule has 0 bridgehead atoms. The highest BCUT2D eigenvalue weighted by molar-refractivity contribution is 7.80. The lowest BCUT2D eigenvalue weighted by Gasteiger charge is -2.30. The van der Waals surface area contributed by atoms with Gasteiger partial charge in [0.15, 0.2) is 5.11 Å². The Morgan fingerprint density at radius 1 is 1.22 bits per heavy atom. The van der Waals surface area contributed by atoms with E-state index in [1.165, 1.54) is 0 Å². The molecule has 1 unspecified atom stereocenters. The maximum Gasteiger partial charge on any atom is 0.169 e. The van der Waals surface area contributed by atoms with Gasteiger partial charge in [0, 0.05) is 32.8 Å². The Labute approximate surface area is 118 Å². The topological polar surface area (TPSA) is 27.7 Å². The Bertz CT molecular complexity index is 234. The number of hydrogen-bond acceptors (Lipinski definition) is 3. The van der Waals surface area contributed by atoms with Crippen molar-refractivity contribution in [2.24, 2.45) is 5.92 Å². The van der Waals surface area contributed by atoms with Crippen LogP contribution in [0.2, 0.25) is 0 Å². The van der Waals surface area contributed by atoms with E-state index in [0.29, 0.717) is 12.5 Å². The first-order valence-electron chi connectivity index (χ1n) is 6.55. The average molecular weight is 275 g/mol. The summed E-state index contributed by atoms with van der Waals surface area (Å²) in [6.45, 7) is 10.1. The molecule has 4 nitrogen and oxygen atoms in total. The molecule has 0 aromatic rings. The van der Waals surface area contributed by atoms with Crippen LogP contribution in [0.4, 0.5) is 0 Å². The standard InChI is InChI=1S/C13H29N3OS/c1-11(2)9-16(8-7-15(4)5)13(18)14-12(3)10-17-6/h11-12H,7-10H2,1-6H3,(H,14,18). The molecular weight excluding hydrogens is 246 g/mol. The number of rotatable bonds is 8. The largest absolute Gasteiger partial charge is 0.383 e. The van der Waals surface area contributed by atoms with Crippen molar-refractivity contribution in [1.82, 2.24) is 15.1 Å². The van der Waals surface area contributed by atoms with Crippen LogP contribution in [0.3, 0.4) is 0 Å². The number of ether oxygens (including phenoxy) is 1.